The van der Waals surface area contributed by atoms with Gasteiger partial charge in [-0.3, -0.25) is 0 Å². The van der Waals surface area contributed by atoms with Crippen LogP contribution in [0, 0.1) is 11.6 Å². The summed E-state index contributed by atoms with van der Waals surface area (Å²) < 4.78 is 49.9. The van der Waals surface area contributed by atoms with Crippen LogP contribution in [-0.4, -0.2) is 13.1 Å². The average molecular weight is 412 g/mol. The molecular weight excluding hydrogens is 394 g/mol. The molecule has 4 rings (SSSR count). The molecule has 3 aromatic carbocycles. The van der Waals surface area contributed by atoms with Crippen LogP contribution in [0.4, 0.5) is 8.78 Å². The van der Waals surface area contributed by atoms with E-state index in [-0.39, 0.29) is 24.5 Å². The third-order valence-electron chi connectivity index (χ3n) is 4.65. The lowest BCUT2D eigenvalue weighted by atomic mass is 10.1. The summed E-state index contributed by atoms with van der Waals surface area (Å²) in [6.07, 6.45) is -0.669. The summed E-state index contributed by atoms with van der Waals surface area (Å²) in [7, 11) is 1.40. The predicted octanol–water partition coefficient (Wildman–Crippen LogP) is 4.94. The quantitative estimate of drug-likeness (QED) is 0.556. The number of halogens is 2. The van der Waals surface area contributed by atoms with Gasteiger partial charge in [0.05, 0.1) is 19.3 Å². The minimum Gasteiger partial charge on any atom is -0.497 e. The van der Waals surface area contributed by atoms with E-state index in [0.717, 1.165) is 11.6 Å². The maximum Gasteiger partial charge on any atom is 0.341 e. The second-order valence-corrected chi connectivity index (χ2v) is 6.65. The molecule has 1 heterocycles. The number of carbonyl (C=O) groups is 1. The Morgan fingerprint density at radius 1 is 1.10 bits per heavy atom. The standard InChI is InChI=1S/C23H18F2O5/c1-27-18-7-8-19(20(25)11-18)22(26)28-12-15-9-17(24)10-16-13-29-23(30-21(15)16)14-5-3-2-4-6-14/h2-11,23H,12-13H2,1H3/t23-/m0/s1. The minimum absolute atomic E-state index is 0.140. The third-order valence-corrected chi connectivity index (χ3v) is 4.65. The zero-order valence-electron chi connectivity index (χ0n) is 16.1. The first-order valence-corrected chi connectivity index (χ1v) is 9.20. The summed E-state index contributed by atoms with van der Waals surface area (Å²) in [4.78, 5) is 12.3. The summed E-state index contributed by atoms with van der Waals surface area (Å²) in [5, 5.41) is 0. The molecule has 0 aromatic heterocycles. The van der Waals surface area contributed by atoms with Crippen molar-refractivity contribution in [1.82, 2.24) is 0 Å². The molecule has 30 heavy (non-hydrogen) atoms. The number of carbonyl (C=O) groups excluding carboxylic acids is 1. The highest BCUT2D eigenvalue weighted by atomic mass is 19.1. The van der Waals surface area contributed by atoms with E-state index in [0.29, 0.717) is 16.9 Å². The van der Waals surface area contributed by atoms with Gasteiger partial charge in [0.1, 0.15) is 29.7 Å². The molecule has 7 heteroatoms. The summed E-state index contributed by atoms with van der Waals surface area (Å²) in [5.74, 6) is -1.49. The maximum atomic E-state index is 14.1. The average Bonchev–Trinajstić information content (AvgIpc) is 2.77. The number of benzene rings is 3. The lowest BCUT2D eigenvalue weighted by molar-refractivity contribution is -0.112. The first-order valence-electron chi connectivity index (χ1n) is 9.20. The fraction of sp³-hybridized carbons (Fsp3) is 0.174. The van der Waals surface area contributed by atoms with Crippen LogP contribution in [0.15, 0.2) is 60.7 Å². The highest BCUT2D eigenvalue weighted by Crippen LogP contribution is 2.37. The summed E-state index contributed by atoms with van der Waals surface area (Å²) in [5.41, 5.74) is 1.39. The van der Waals surface area contributed by atoms with Crippen LogP contribution in [-0.2, 0) is 22.7 Å². The van der Waals surface area contributed by atoms with Crippen molar-refractivity contribution in [3.8, 4) is 11.5 Å². The molecule has 0 spiro atoms. The minimum atomic E-state index is -0.875. The second kappa shape index (κ2) is 8.51. The van der Waals surface area contributed by atoms with Crippen LogP contribution in [0.3, 0.4) is 0 Å². The van der Waals surface area contributed by atoms with Gasteiger partial charge < -0.3 is 18.9 Å². The van der Waals surface area contributed by atoms with Crippen molar-refractivity contribution >= 4 is 5.97 Å². The normalized spacial score (nSPS) is 15.1. The molecule has 5 nitrogen and oxygen atoms in total. The SMILES string of the molecule is COc1ccc(C(=O)OCc2cc(F)cc3c2O[C@@H](c2ccccc2)OC3)c(F)c1. The highest BCUT2D eigenvalue weighted by Gasteiger charge is 2.26. The van der Waals surface area contributed by atoms with Crippen molar-refractivity contribution in [3.05, 3.63) is 94.6 Å². The smallest absolute Gasteiger partial charge is 0.341 e. The zero-order valence-corrected chi connectivity index (χ0v) is 16.1. The Bertz CT molecular complexity index is 1070. The van der Waals surface area contributed by atoms with Crippen molar-refractivity contribution in [1.29, 1.82) is 0 Å². The molecule has 0 radical (unpaired) electrons. The predicted molar refractivity (Wildman–Crippen MR) is 103 cm³/mol. The van der Waals surface area contributed by atoms with Crippen LogP contribution >= 0.6 is 0 Å². The molecule has 154 valence electrons. The monoisotopic (exact) mass is 412 g/mol. The maximum absolute atomic E-state index is 14.1. The van der Waals surface area contributed by atoms with Gasteiger partial charge in [-0.2, -0.15) is 0 Å². The van der Waals surface area contributed by atoms with E-state index in [2.05, 4.69) is 0 Å². The Hall–Kier alpha value is -3.45. The molecule has 3 aromatic rings. The molecule has 0 aliphatic carbocycles. The van der Waals surface area contributed by atoms with E-state index >= 15 is 0 Å². The molecule has 1 atom stereocenters. The lowest BCUT2D eigenvalue weighted by Gasteiger charge is -2.28. The van der Waals surface area contributed by atoms with Crippen molar-refractivity contribution in [2.75, 3.05) is 7.11 Å². The molecule has 0 bridgehead atoms. The first-order chi connectivity index (χ1) is 14.5. The summed E-state index contributed by atoms with van der Waals surface area (Å²) in [6.45, 7) is -0.146. The second-order valence-electron chi connectivity index (χ2n) is 6.65. The van der Waals surface area contributed by atoms with Crippen molar-refractivity contribution < 1.29 is 32.5 Å². The van der Waals surface area contributed by atoms with Crippen molar-refractivity contribution in [2.45, 2.75) is 19.5 Å². The highest BCUT2D eigenvalue weighted by molar-refractivity contribution is 5.89. The van der Waals surface area contributed by atoms with Crippen LogP contribution in [0.25, 0.3) is 0 Å². The molecule has 0 amide bonds. The Kier molecular flexibility index (Phi) is 5.63. The number of hydrogen-bond acceptors (Lipinski definition) is 5. The van der Waals surface area contributed by atoms with E-state index in [1.165, 1.54) is 31.4 Å². The van der Waals surface area contributed by atoms with Gasteiger partial charge in [-0.1, -0.05) is 30.3 Å². The Balaban J connectivity index is 1.54. The van der Waals surface area contributed by atoms with Crippen LogP contribution in [0.5, 0.6) is 11.5 Å². The van der Waals surface area contributed by atoms with Crippen molar-refractivity contribution in [3.63, 3.8) is 0 Å². The van der Waals surface area contributed by atoms with Gasteiger partial charge >= 0.3 is 5.97 Å². The Labute approximate surface area is 171 Å². The van der Waals surface area contributed by atoms with Gasteiger partial charge in [0.2, 0.25) is 6.29 Å². The Morgan fingerprint density at radius 2 is 1.90 bits per heavy atom. The Morgan fingerprint density at radius 3 is 2.63 bits per heavy atom. The largest absolute Gasteiger partial charge is 0.497 e. The number of rotatable bonds is 5. The van der Waals surface area contributed by atoms with Crippen LogP contribution in [0.2, 0.25) is 0 Å². The summed E-state index contributed by atoms with van der Waals surface area (Å²) in [6, 6.07) is 15.6. The van der Waals surface area contributed by atoms with Gasteiger partial charge in [0, 0.05) is 22.8 Å². The number of methoxy groups -OCH3 is 1. The van der Waals surface area contributed by atoms with Crippen LogP contribution < -0.4 is 9.47 Å². The molecule has 0 N–H and O–H groups in total. The number of hydrogen-bond donors (Lipinski definition) is 0. The van der Waals surface area contributed by atoms with Gasteiger partial charge in [-0.05, 0) is 24.3 Å². The molecule has 0 fully saturated rings. The van der Waals surface area contributed by atoms with Gasteiger partial charge in [-0.15, -0.1) is 0 Å². The number of ether oxygens (including phenoxy) is 4. The first kappa shape index (κ1) is 19.8. The topological polar surface area (TPSA) is 54.0 Å². The summed E-state index contributed by atoms with van der Waals surface area (Å²) >= 11 is 0. The van der Waals surface area contributed by atoms with Gasteiger partial charge in [0.25, 0.3) is 0 Å². The van der Waals surface area contributed by atoms with E-state index in [1.54, 1.807) is 0 Å². The molecule has 0 saturated heterocycles. The van der Waals surface area contributed by atoms with Crippen molar-refractivity contribution in [2.24, 2.45) is 0 Å². The van der Waals surface area contributed by atoms with Crippen LogP contribution in [0.1, 0.15) is 33.3 Å². The number of esters is 1. The molecule has 0 saturated carbocycles. The molecule has 1 aliphatic heterocycles. The zero-order chi connectivity index (χ0) is 21.1. The number of fused-ring (bicyclic) bond motifs is 1. The fourth-order valence-corrected chi connectivity index (χ4v) is 3.17. The van der Waals surface area contributed by atoms with Gasteiger partial charge in [-0.25, -0.2) is 13.6 Å². The third kappa shape index (κ3) is 4.11. The molecule has 1 aliphatic rings. The van der Waals surface area contributed by atoms with E-state index in [1.807, 2.05) is 30.3 Å². The molecular formula is C23H18F2O5. The lowest BCUT2D eigenvalue weighted by Crippen LogP contribution is -2.20. The van der Waals surface area contributed by atoms with E-state index in [4.69, 9.17) is 18.9 Å². The fourth-order valence-electron chi connectivity index (χ4n) is 3.17. The van der Waals surface area contributed by atoms with E-state index in [9.17, 15) is 13.6 Å². The van der Waals surface area contributed by atoms with E-state index < -0.39 is 23.9 Å². The van der Waals surface area contributed by atoms with Gasteiger partial charge in [0.15, 0.2) is 0 Å². The molecule has 0 unspecified atom stereocenters.